The van der Waals surface area contributed by atoms with Gasteiger partial charge in [-0.05, 0) is 30.2 Å². The lowest BCUT2D eigenvalue weighted by molar-refractivity contribution is 0.0696. The number of aromatic carboxylic acids is 1. The van der Waals surface area contributed by atoms with Crippen molar-refractivity contribution in [2.75, 3.05) is 0 Å². The topological polar surface area (TPSA) is 59.4 Å². The molecule has 0 aliphatic rings. The number of benzene rings is 1. The maximum atomic E-state index is 11.0. The average molecular weight is 292 g/mol. The quantitative estimate of drug-likeness (QED) is 0.898. The van der Waals surface area contributed by atoms with E-state index in [4.69, 9.17) is 21.4 Å². The predicted octanol–water partition coefficient (Wildman–Crippen LogP) is 4.18. The van der Waals surface area contributed by atoms with E-state index in [9.17, 15) is 4.79 Å². The minimum atomic E-state index is -1.11. The first-order valence-electron chi connectivity index (χ1n) is 6.26. The van der Waals surface area contributed by atoms with Crippen molar-refractivity contribution >= 4 is 17.6 Å². The molecule has 104 valence electrons. The third-order valence-electron chi connectivity index (χ3n) is 2.76. The summed E-state index contributed by atoms with van der Waals surface area (Å²) in [5.41, 5.74) is 1.19. The highest BCUT2D eigenvalue weighted by molar-refractivity contribution is 6.34. The van der Waals surface area contributed by atoms with Crippen LogP contribution >= 0.6 is 11.6 Å². The van der Waals surface area contributed by atoms with Crippen molar-refractivity contribution in [3.63, 3.8) is 0 Å². The Morgan fingerprint density at radius 3 is 2.60 bits per heavy atom. The Kier molecular flexibility index (Phi) is 4.58. The van der Waals surface area contributed by atoms with Gasteiger partial charge in [0.2, 0.25) is 5.88 Å². The Morgan fingerprint density at radius 1 is 1.30 bits per heavy atom. The molecule has 0 aliphatic heterocycles. The number of hydrogen-bond acceptors (Lipinski definition) is 3. The molecule has 0 spiro atoms. The van der Waals surface area contributed by atoms with Crippen LogP contribution in [0.5, 0.6) is 11.6 Å². The van der Waals surface area contributed by atoms with Gasteiger partial charge in [0.05, 0.1) is 5.56 Å². The van der Waals surface area contributed by atoms with Crippen LogP contribution in [0.4, 0.5) is 0 Å². The van der Waals surface area contributed by atoms with Crippen LogP contribution in [-0.4, -0.2) is 16.1 Å². The van der Waals surface area contributed by atoms with E-state index >= 15 is 0 Å². The molecule has 0 bridgehead atoms. The minimum Gasteiger partial charge on any atom is -0.478 e. The second-order valence-electron chi connectivity index (χ2n) is 4.28. The number of aryl methyl sites for hydroxylation is 1. The van der Waals surface area contributed by atoms with E-state index < -0.39 is 5.97 Å². The number of pyridine rings is 1. The van der Waals surface area contributed by atoms with Crippen molar-refractivity contribution in [2.45, 2.75) is 19.8 Å². The Hall–Kier alpha value is -2.07. The van der Waals surface area contributed by atoms with Crippen LogP contribution < -0.4 is 4.74 Å². The number of rotatable bonds is 5. The van der Waals surface area contributed by atoms with E-state index in [0.717, 1.165) is 12.8 Å². The number of aromatic nitrogens is 1. The molecule has 20 heavy (non-hydrogen) atoms. The first-order chi connectivity index (χ1) is 9.61. The molecule has 1 aromatic carbocycles. The summed E-state index contributed by atoms with van der Waals surface area (Å²) in [6.07, 6.45) is 3.44. The monoisotopic (exact) mass is 291 g/mol. The van der Waals surface area contributed by atoms with E-state index in [1.807, 2.05) is 24.3 Å². The Morgan fingerprint density at radius 2 is 2.00 bits per heavy atom. The molecule has 0 aliphatic carbocycles. The molecule has 2 aromatic rings. The maximum Gasteiger partial charge on any atom is 0.337 e. The standard InChI is InChI=1S/C15H14ClNO3/c1-2-3-10-4-6-11(7-5-10)20-14-13(16)12(15(18)19)8-9-17-14/h4-9H,2-3H2,1H3,(H,18,19). The van der Waals surface area contributed by atoms with Crippen molar-refractivity contribution in [3.05, 3.63) is 52.7 Å². The molecule has 1 N–H and O–H groups in total. The lowest BCUT2D eigenvalue weighted by Gasteiger charge is -2.08. The van der Waals surface area contributed by atoms with Crippen LogP contribution in [-0.2, 0) is 6.42 Å². The molecule has 0 fully saturated rings. The van der Waals surface area contributed by atoms with Crippen LogP contribution in [0.2, 0.25) is 5.02 Å². The van der Waals surface area contributed by atoms with Gasteiger partial charge in [-0.2, -0.15) is 0 Å². The van der Waals surface area contributed by atoms with Gasteiger partial charge in [-0.1, -0.05) is 37.1 Å². The van der Waals surface area contributed by atoms with E-state index in [2.05, 4.69) is 11.9 Å². The molecule has 2 rings (SSSR count). The van der Waals surface area contributed by atoms with Crippen molar-refractivity contribution in [1.29, 1.82) is 0 Å². The number of ether oxygens (including phenoxy) is 1. The van der Waals surface area contributed by atoms with E-state index in [1.165, 1.54) is 17.8 Å². The van der Waals surface area contributed by atoms with E-state index in [1.54, 1.807) is 0 Å². The van der Waals surface area contributed by atoms with Crippen LogP contribution in [0, 0.1) is 0 Å². The first kappa shape index (κ1) is 14.3. The molecule has 4 nitrogen and oxygen atoms in total. The Labute approximate surface area is 122 Å². The first-order valence-corrected chi connectivity index (χ1v) is 6.64. The van der Waals surface area contributed by atoms with Gasteiger partial charge >= 0.3 is 5.97 Å². The zero-order valence-electron chi connectivity index (χ0n) is 11.0. The highest BCUT2D eigenvalue weighted by atomic mass is 35.5. The normalized spacial score (nSPS) is 10.3. The van der Waals surface area contributed by atoms with Crippen molar-refractivity contribution in [1.82, 2.24) is 4.98 Å². The fourth-order valence-electron chi connectivity index (χ4n) is 1.79. The van der Waals surface area contributed by atoms with Crippen molar-refractivity contribution in [2.24, 2.45) is 0 Å². The maximum absolute atomic E-state index is 11.0. The molecule has 0 saturated carbocycles. The van der Waals surface area contributed by atoms with Gasteiger partial charge in [-0.3, -0.25) is 0 Å². The fourth-order valence-corrected chi connectivity index (χ4v) is 2.02. The SMILES string of the molecule is CCCc1ccc(Oc2nccc(C(=O)O)c2Cl)cc1. The van der Waals surface area contributed by atoms with Gasteiger partial charge in [0.1, 0.15) is 10.8 Å². The number of nitrogens with zero attached hydrogens (tertiary/aromatic N) is 1. The van der Waals surface area contributed by atoms with Crippen LogP contribution in [0.3, 0.4) is 0 Å². The fraction of sp³-hybridized carbons (Fsp3) is 0.200. The van der Waals surface area contributed by atoms with Crippen LogP contribution in [0.15, 0.2) is 36.5 Å². The highest BCUT2D eigenvalue weighted by Gasteiger charge is 2.14. The number of carboxylic acid groups (broad SMARTS) is 1. The van der Waals surface area contributed by atoms with E-state index in [0.29, 0.717) is 5.75 Å². The summed E-state index contributed by atoms with van der Waals surface area (Å²) in [4.78, 5) is 14.9. The highest BCUT2D eigenvalue weighted by Crippen LogP contribution is 2.29. The molecule has 0 unspecified atom stereocenters. The summed E-state index contributed by atoms with van der Waals surface area (Å²) >= 11 is 5.97. The molecule has 1 aromatic heterocycles. The lowest BCUT2D eigenvalue weighted by atomic mass is 10.1. The van der Waals surface area contributed by atoms with Gasteiger partial charge in [-0.15, -0.1) is 0 Å². The van der Waals surface area contributed by atoms with Gasteiger partial charge < -0.3 is 9.84 Å². The van der Waals surface area contributed by atoms with Crippen LogP contribution in [0.1, 0.15) is 29.3 Å². The number of carboxylic acids is 1. The number of hydrogen-bond donors (Lipinski definition) is 1. The lowest BCUT2D eigenvalue weighted by Crippen LogP contribution is -2.00. The number of halogens is 1. The van der Waals surface area contributed by atoms with Gasteiger partial charge in [-0.25, -0.2) is 9.78 Å². The smallest absolute Gasteiger partial charge is 0.337 e. The summed E-state index contributed by atoms with van der Waals surface area (Å²) in [5.74, 6) is -0.447. The average Bonchev–Trinajstić information content (AvgIpc) is 2.43. The molecule has 0 atom stereocenters. The predicted molar refractivity (Wildman–Crippen MR) is 76.7 cm³/mol. The molecule has 0 amide bonds. The second kappa shape index (κ2) is 6.39. The largest absolute Gasteiger partial charge is 0.478 e. The number of carbonyl (C=O) groups is 1. The summed E-state index contributed by atoms with van der Waals surface area (Å²) in [6, 6.07) is 8.90. The van der Waals surface area contributed by atoms with Gasteiger partial charge in [0, 0.05) is 6.20 Å². The molecular weight excluding hydrogens is 278 g/mol. The molecule has 5 heteroatoms. The van der Waals surface area contributed by atoms with Crippen LogP contribution in [0.25, 0.3) is 0 Å². The molecule has 1 heterocycles. The molecule has 0 saturated heterocycles. The van der Waals surface area contributed by atoms with Crippen molar-refractivity contribution < 1.29 is 14.6 Å². The Bertz CT molecular complexity index is 611. The zero-order valence-corrected chi connectivity index (χ0v) is 11.7. The van der Waals surface area contributed by atoms with E-state index in [-0.39, 0.29) is 16.5 Å². The zero-order chi connectivity index (χ0) is 14.5. The summed E-state index contributed by atoms with van der Waals surface area (Å²) in [6.45, 7) is 2.12. The third-order valence-corrected chi connectivity index (χ3v) is 3.13. The van der Waals surface area contributed by atoms with Gasteiger partial charge in [0.15, 0.2) is 0 Å². The summed E-state index contributed by atoms with van der Waals surface area (Å²) in [5, 5.41) is 8.98. The molecular formula is C15H14ClNO3. The van der Waals surface area contributed by atoms with Crippen molar-refractivity contribution in [3.8, 4) is 11.6 Å². The molecule has 0 radical (unpaired) electrons. The third kappa shape index (κ3) is 3.27. The Balaban J connectivity index is 2.21. The summed E-state index contributed by atoms with van der Waals surface area (Å²) in [7, 11) is 0. The second-order valence-corrected chi connectivity index (χ2v) is 4.66. The minimum absolute atomic E-state index is 0.00219. The summed E-state index contributed by atoms with van der Waals surface area (Å²) < 4.78 is 5.53. The van der Waals surface area contributed by atoms with Gasteiger partial charge in [0.25, 0.3) is 0 Å².